The highest BCUT2D eigenvalue weighted by Crippen LogP contribution is 2.24. The number of aliphatic hydroxyl groups is 1. The average Bonchev–Trinajstić information content (AvgIpc) is 3.28. The van der Waals surface area contributed by atoms with E-state index in [9.17, 15) is 14.7 Å². The summed E-state index contributed by atoms with van der Waals surface area (Å²) >= 11 is 0. The molecule has 0 unspecified atom stereocenters. The molecule has 1 aliphatic rings. The maximum atomic E-state index is 12.5. The van der Waals surface area contributed by atoms with E-state index in [1.807, 2.05) is 49.4 Å². The highest BCUT2D eigenvalue weighted by Gasteiger charge is 2.41. The maximum Gasteiger partial charge on any atom is 0.351 e. The number of cyclic esters (lactones) is 1. The van der Waals surface area contributed by atoms with Crippen molar-refractivity contribution >= 4 is 22.7 Å². The third-order valence-electron chi connectivity index (χ3n) is 4.87. The van der Waals surface area contributed by atoms with Gasteiger partial charge in [0.25, 0.3) is 0 Å². The number of rotatable bonds is 4. The topological polar surface area (TPSA) is 81.4 Å². The zero-order chi connectivity index (χ0) is 20.4. The van der Waals surface area contributed by atoms with Gasteiger partial charge in [0.05, 0.1) is 17.8 Å². The number of ketones is 1. The summed E-state index contributed by atoms with van der Waals surface area (Å²) < 4.78 is 6.53. The zero-order valence-corrected chi connectivity index (χ0v) is 16.0. The van der Waals surface area contributed by atoms with E-state index >= 15 is 0 Å². The third kappa shape index (κ3) is 3.53. The Morgan fingerprint density at radius 2 is 2.10 bits per heavy atom. The maximum absolute atomic E-state index is 12.5. The van der Waals surface area contributed by atoms with Crippen molar-refractivity contribution in [2.45, 2.75) is 31.8 Å². The Kier molecular flexibility index (Phi) is 4.91. The summed E-state index contributed by atoms with van der Waals surface area (Å²) in [7, 11) is 0. The molecule has 0 amide bonds. The summed E-state index contributed by atoms with van der Waals surface area (Å²) in [6.45, 7) is 2.13. The molecule has 2 heterocycles. The second kappa shape index (κ2) is 7.53. The van der Waals surface area contributed by atoms with Crippen LogP contribution in [0.3, 0.4) is 0 Å². The zero-order valence-electron chi connectivity index (χ0n) is 16.0. The van der Waals surface area contributed by atoms with Crippen LogP contribution in [0.5, 0.6) is 0 Å². The fourth-order valence-electron chi connectivity index (χ4n) is 3.33. The normalized spacial score (nSPS) is 18.3. The van der Waals surface area contributed by atoms with Gasteiger partial charge in [-0.2, -0.15) is 5.10 Å². The van der Waals surface area contributed by atoms with E-state index < -0.39 is 11.6 Å². The molecule has 146 valence electrons. The van der Waals surface area contributed by atoms with Gasteiger partial charge in [0.1, 0.15) is 5.69 Å². The fraction of sp³-hybridized carbons (Fsp3) is 0.261. The van der Waals surface area contributed by atoms with E-state index in [1.165, 1.54) is 0 Å². The first-order valence-corrected chi connectivity index (χ1v) is 9.56. The van der Waals surface area contributed by atoms with Crippen LogP contribution in [0, 0.1) is 11.8 Å². The Morgan fingerprint density at radius 3 is 2.86 bits per heavy atom. The number of fused-ring (bicyclic) bond motifs is 1. The molecule has 1 N–H and O–H groups in total. The lowest BCUT2D eigenvalue weighted by molar-refractivity contribution is -0.148. The summed E-state index contributed by atoms with van der Waals surface area (Å²) in [5.74, 6) is 4.79. The van der Waals surface area contributed by atoms with Crippen molar-refractivity contribution in [1.82, 2.24) is 9.78 Å². The molecule has 0 spiro atoms. The van der Waals surface area contributed by atoms with Crippen LogP contribution in [0.2, 0.25) is 0 Å². The summed E-state index contributed by atoms with van der Waals surface area (Å²) in [6.07, 6.45) is 1.36. The lowest BCUT2D eigenvalue weighted by atomic mass is 10.0. The van der Waals surface area contributed by atoms with E-state index in [4.69, 9.17) is 4.74 Å². The van der Waals surface area contributed by atoms with Crippen LogP contribution >= 0.6 is 0 Å². The van der Waals surface area contributed by atoms with Crippen LogP contribution in [0.4, 0.5) is 0 Å². The number of nitrogens with zero attached hydrogens (tertiary/aromatic N) is 2. The standard InChI is InChI=1S/C23H20N2O4/c1-2-6-20(26)21-18-9-3-4-10-19(18)25(24-21)17-8-5-7-16(15-17)11-12-23(28)13-14-29-22(23)27/h3-5,7-10,15,28H,2,6,13-14H2,1H3/t23-/m0/s1. The molecule has 1 aromatic heterocycles. The molecular weight excluding hydrogens is 368 g/mol. The monoisotopic (exact) mass is 388 g/mol. The molecule has 1 atom stereocenters. The number of hydrogen-bond donors (Lipinski definition) is 1. The molecular formula is C23H20N2O4. The van der Waals surface area contributed by atoms with E-state index in [0.29, 0.717) is 17.7 Å². The number of para-hydroxylation sites is 1. The molecule has 1 saturated heterocycles. The van der Waals surface area contributed by atoms with Gasteiger partial charge in [0, 0.05) is 23.8 Å². The average molecular weight is 388 g/mol. The lowest BCUT2D eigenvalue weighted by Crippen LogP contribution is -2.31. The van der Waals surface area contributed by atoms with Crippen molar-refractivity contribution < 1.29 is 19.4 Å². The lowest BCUT2D eigenvalue weighted by Gasteiger charge is -2.08. The van der Waals surface area contributed by atoms with Crippen LogP contribution in [0.25, 0.3) is 16.6 Å². The number of carbonyl (C=O) groups excluding carboxylic acids is 2. The van der Waals surface area contributed by atoms with Crippen molar-refractivity contribution in [2.75, 3.05) is 6.61 Å². The Morgan fingerprint density at radius 1 is 1.28 bits per heavy atom. The first-order valence-electron chi connectivity index (χ1n) is 9.56. The number of hydrogen-bond acceptors (Lipinski definition) is 5. The molecule has 3 aromatic rings. The number of benzene rings is 2. The first kappa shape index (κ1) is 18.9. The molecule has 6 heteroatoms. The van der Waals surface area contributed by atoms with Crippen molar-refractivity contribution in [2.24, 2.45) is 0 Å². The smallest absolute Gasteiger partial charge is 0.351 e. The largest absolute Gasteiger partial charge is 0.463 e. The Bertz CT molecular complexity index is 1170. The molecule has 4 rings (SSSR count). The molecule has 2 aromatic carbocycles. The molecule has 0 saturated carbocycles. The predicted octanol–water partition coefficient (Wildman–Crippen LogP) is 3.04. The summed E-state index contributed by atoms with van der Waals surface area (Å²) in [4.78, 5) is 24.2. The van der Waals surface area contributed by atoms with Gasteiger partial charge >= 0.3 is 5.97 Å². The Hall–Kier alpha value is -3.43. The third-order valence-corrected chi connectivity index (χ3v) is 4.87. The molecule has 0 radical (unpaired) electrons. The van der Waals surface area contributed by atoms with Crippen LogP contribution in [0.1, 0.15) is 42.2 Å². The minimum atomic E-state index is -1.76. The SMILES string of the molecule is CCCC(=O)c1nn(-c2cccc(C#C[C@]3(O)CCOC3=O)c2)c2ccccc12. The first-order chi connectivity index (χ1) is 14.0. The number of ether oxygens (including phenoxy) is 1. The molecule has 6 nitrogen and oxygen atoms in total. The minimum absolute atomic E-state index is 0.0142. The van der Waals surface area contributed by atoms with E-state index in [1.54, 1.807) is 10.7 Å². The minimum Gasteiger partial charge on any atom is -0.463 e. The molecule has 0 aliphatic carbocycles. The predicted molar refractivity (Wildman–Crippen MR) is 108 cm³/mol. The summed E-state index contributed by atoms with van der Waals surface area (Å²) in [5.41, 5.74) is 0.895. The molecule has 0 bridgehead atoms. The second-order valence-electron chi connectivity index (χ2n) is 7.00. The van der Waals surface area contributed by atoms with Gasteiger partial charge < -0.3 is 9.84 Å². The fourth-order valence-corrected chi connectivity index (χ4v) is 3.33. The Balaban J connectivity index is 1.75. The van der Waals surface area contributed by atoms with Crippen molar-refractivity contribution in [1.29, 1.82) is 0 Å². The van der Waals surface area contributed by atoms with Gasteiger partial charge in [-0.25, -0.2) is 9.48 Å². The number of esters is 1. The number of Topliss-reactive ketones (excluding diaryl/α,β-unsaturated/α-hetero) is 1. The Labute approximate surface area is 168 Å². The van der Waals surface area contributed by atoms with Crippen LogP contribution in [0.15, 0.2) is 48.5 Å². The van der Waals surface area contributed by atoms with Gasteiger partial charge in [-0.1, -0.05) is 43.0 Å². The number of aromatic nitrogens is 2. The van der Waals surface area contributed by atoms with Crippen molar-refractivity contribution in [3.8, 4) is 17.5 Å². The van der Waals surface area contributed by atoms with E-state index in [-0.39, 0.29) is 18.8 Å². The van der Waals surface area contributed by atoms with Crippen molar-refractivity contribution in [3.05, 3.63) is 59.8 Å². The molecule has 1 aliphatic heterocycles. The van der Waals surface area contributed by atoms with Gasteiger partial charge in [0.2, 0.25) is 5.60 Å². The van der Waals surface area contributed by atoms with E-state index in [2.05, 4.69) is 16.9 Å². The summed E-state index contributed by atoms with van der Waals surface area (Å²) in [6, 6.07) is 14.9. The number of carbonyl (C=O) groups is 2. The summed E-state index contributed by atoms with van der Waals surface area (Å²) in [5, 5.41) is 15.6. The van der Waals surface area contributed by atoms with Gasteiger partial charge in [0.15, 0.2) is 5.78 Å². The van der Waals surface area contributed by atoms with Gasteiger partial charge in [-0.3, -0.25) is 4.79 Å². The quantitative estimate of drug-likeness (QED) is 0.422. The second-order valence-corrected chi connectivity index (χ2v) is 7.00. The van der Waals surface area contributed by atoms with Crippen LogP contribution in [-0.4, -0.2) is 38.8 Å². The van der Waals surface area contributed by atoms with Gasteiger partial charge in [-0.15, -0.1) is 0 Å². The molecule has 1 fully saturated rings. The van der Waals surface area contributed by atoms with Crippen LogP contribution in [-0.2, 0) is 9.53 Å². The highest BCUT2D eigenvalue weighted by molar-refractivity contribution is 6.06. The van der Waals surface area contributed by atoms with Crippen molar-refractivity contribution in [3.63, 3.8) is 0 Å². The van der Waals surface area contributed by atoms with Gasteiger partial charge in [-0.05, 0) is 30.7 Å². The van der Waals surface area contributed by atoms with Crippen LogP contribution < -0.4 is 0 Å². The van der Waals surface area contributed by atoms with E-state index in [0.717, 1.165) is 23.0 Å². The highest BCUT2D eigenvalue weighted by atomic mass is 16.6. The molecule has 29 heavy (non-hydrogen) atoms.